The van der Waals surface area contributed by atoms with E-state index in [0.717, 1.165) is 22.0 Å². The molecule has 0 saturated carbocycles. The third kappa shape index (κ3) is 3.19. The van der Waals surface area contributed by atoms with Gasteiger partial charge in [-0.2, -0.15) is 10.1 Å². The van der Waals surface area contributed by atoms with Crippen molar-refractivity contribution in [1.29, 1.82) is 0 Å². The molecule has 0 atom stereocenters. The van der Waals surface area contributed by atoms with Gasteiger partial charge >= 0.3 is 0 Å². The molecule has 0 spiro atoms. The lowest BCUT2D eigenvalue weighted by atomic mass is 10.1. The Hall–Kier alpha value is -3.48. The third-order valence-corrected chi connectivity index (χ3v) is 4.18. The van der Waals surface area contributed by atoms with Crippen LogP contribution < -0.4 is 0 Å². The summed E-state index contributed by atoms with van der Waals surface area (Å²) in [7, 11) is 1.77. The van der Waals surface area contributed by atoms with E-state index < -0.39 is 0 Å². The van der Waals surface area contributed by atoms with Gasteiger partial charge in [-0.05, 0) is 17.7 Å². The zero-order chi connectivity index (χ0) is 17.9. The maximum atomic E-state index is 12.4. The lowest BCUT2D eigenvalue weighted by molar-refractivity contribution is -0.129. The number of hydrogen-bond donors (Lipinski definition) is 1. The quantitative estimate of drug-likeness (QED) is 0.600. The summed E-state index contributed by atoms with van der Waals surface area (Å²) in [5, 5.41) is 11.8. The molecular weight excluding hydrogens is 330 g/mol. The van der Waals surface area contributed by atoms with Crippen LogP contribution in [0, 0.1) is 0 Å². The Morgan fingerprint density at radius 2 is 2.00 bits per heavy atom. The van der Waals surface area contributed by atoms with Gasteiger partial charge in [0, 0.05) is 19.0 Å². The lowest BCUT2D eigenvalue weighted by Gasteiger charge is -2.16. The van der Waals surface area contributed by atoms with E-state index in [9.17, 15) is 4.79 Å². The number of nitrogens with one attached hydrogen (secondary N) is 1. The van der Waals surface area contributed by atoms with Crippen molar-refractivity contribution in [1.82, 2.24) is 25.2 Å². The van der Waals surface area contributed by atoms with Gasteiger partial charge < -0.3 is 9.42 Å². The molecule has 130 valence electrons. The Kier molecular flexibility index (Phi) is 4.18. The number of likely N-dealkylation sites (N-methyl/N-ethyl adjacent to an activating group) is 1. The summed E-state index contributed by atoms with van der Waals surface area (Å²) in [6, 6.07) is 15.5. The fourth-order valence-corrected chi connectivity index (χ4v) is 2.81. The van der Waals surface area contributed by atoms with E-state index >= 15 is 0 Å². The van der Waals surface area contributed by atoms with Crippen LogP contribution >= 0.6 is 0 Å². The molecule has 0 saturated heterocycles. The van der Waals surface area contributed by atoms with Crippen LogP contribution in [-0.2, 0) is 17.8 Å². The van der Waals surface area contributed by atoms with E-state index in [-0.39, 0.29) is 12.3 Å². The fraction of sp³-hybridized carbons (Fsp3) is 0.158. The van der Waals surface area contributed by atoms with Crippen LogP contribution in [0.3, 0.4) is 0 Å². The van der Waals surface area contributed by atoms with Gasteiger partial charge in [0.15, 0.2) is 5.82 Å². The number of aromatic nitrogens is 4. The first-order valence-corrected chi connectivity index (χ1v) is 8.23. The first-order valence-electron chi connectivity index (χ1n) is 8.23. The zero-order valence-corrected chi connectivity index (χ0v) is 14.2. The van der Waals surface area contributed by atoms with Crippen molar-refractivity contribution in [2.45, 2.75) is 13.0 Å². The number of amides is 1. The second-order valence-electron chi connectivity index (χ2n) is 6.06. The number of nitrogens with zero attached hydrogens (tertiary/aromatic N) is 4. The number of carbonyl (C=O) groups excluding carboxylic acids is 1. The molecule has 7 heteroatoms. The van der Waals surface area contributed by atoms with E-state index in [0.29, 0.717) is 18.3 Å². The molecular formula is C19H17N5O2. The minimum atomic E-state index is -0.0669. The number of rotatable bonds is 5. The Morgan fingerprint density at radius 1 is 1.15 bits per heavy atom. The summed E-state index contributed by atoms with van der Waals surface area (Å²) in [6.07, 6.45) is 1.81. The SMILES string of the molecule is CN(Cc1ccccc1)C(=O)Cc1noc(-c2cccc3[nH]ncc23)n1. The number of carbonyl (C=O) groups is 1. The van der Waals surface area contributed by atoms with Crippen LogP contribution in [-0.4, -0.2) is 38.2 Å². The molecule has 0 aliphatic heterocycles. The van der Waals surface area contributed by atoms with Crippen molar-refractivity contribution in [2.75, 3.05) is 7.05 Å². The number of H-pyrrole nitrogens is 1. The van der Waals surface area contributed by atoms with Crippen LogP contribution in [0.2, 0.25) is 0 Å². The van der Waals surface area contributed by atoms with Crippen molar-refractivity contribution < 1.29 is 9.32 Å². The highest BCUT2D eigenvalue weighted by molar-refractivity contribution is 5.91. The molecule has 7 nitrogen and oxygen atoms in total. The van der Waals surface area contributed by atoms with Crippen LogP contribution in [0.15, 0.2) is 59.3 Å². The normalized spacial score (nSPS) is 11.0. The molecule has 4 aromatic rings. The summed E-state index contributed by atoms with van der Waals surface area (Å²) in [4.78, 5) is 18.5. The number of benzene rings is 2. The predicted molar refractivity (Wildman–Crippen MR) is 96.0 cm³/mol. The fourth-order valence-electron chi connectivity index (χ4n) is 2.81. The van der Waals surface area contributed by atoms with Gasteiger partial charge in [-0.3, -0.25) is 9.89 Å². The third-order valence-electron chi connectivity index (χ3n) is 4.18. The van der Waals surface area contributed by atoms with E-state index in [1.54, 1.807) is 18.1 Å². The predicted octanol–water partition coefficient (Wildman–Crippen LogP) is 2.81. The van der Waals surface area contributed by atoms with E-state index in [1.807, 2.05) is 48.5 Å². The first-order chi connectivity index (χ1) is 12.7. The molecule has 0 unspecified atom stereocenters. The Labute approximate surface area is 149 Å². The number of fused-ring (bicyclic) bond motifs is 1. The first kappa shape index (κ1) is 16.0. The summed E-state index contributed by atoms with van der Waals surface area (Å²) in [6.45, 7) is 0.540. The summed E-state index contributed by atoms with van der Waals surface area (Å²) < 4.78 is 5.35. The molecule has 0 fully saturated rings. The number of aromatic amines is 1. The maximum Gasteiger partial charge on any atom is 0.258 e. The Morgan fingerprint density at radius 3 is 2.85 bits per heavy atom. The highest BCUT2D eigenvalue weighted by atomic mass is 16.5. The van der Waals surface area contributed by atoms with Crippen molar-refractivity contribution >= 4 is 16.8 Å². The average molecular weight is 347 g/mol. The van der Waals surface area contributed by atoms with Gasteiger partial charge in [0.2, 0.25) is 5.91 Å². The largest absolute Gasteiger partial charge is 0.341 e. The average Bonchev–Trinajstić information content (AvgIpc) is 3.31. The molecule has 0 bridgehead atoms. The molecule has 1 N–H and O–H groups in total. The smallest absolute Gasteiger partial charge is 0.258 e. The van der Waals surface area contributed by atoms with Crippen LogP contribution in [0.1, 0.15) is 11.4 Å². The van der Waals surface area contributed by atoms with E-state index in [4.69, 9.17) is 4.52 Å². The van der Waals surface area contributed by atoms with Crippen molar-refractivity contribution in [2.24, 2.45) is 0 Å². The van der Waals surface area contributed by atoms with E-state index in [2.05, 4.69) is 20.3 Å². The van der Waals surface area contributed by atoms with Gasteiger partial charge in [-0.1, -0.05) is 41.6 Å². The molecule has 1 amide bonds. The molecule has 26 heavy (non-hydrogen) atoms. The second-order valence-corrected chi connectivity index (χ2v) is 6.06. The van der Waals surface area contributed by atoms with Crippen LogP contribution in [0.5, 0.6) is 0 Å². The van der Waals surface area contributed by atoms with Gasteiger partial charge in [0.25, 0.3) is 5.89 Å². The molecule has 2 aromatic heterocycles. The van der Waals surface area contributed by atoms with E-state index in [1.165, 1.54) is 0 Å². The minimum absolute atomic E-state index is 0.0669. The van der Waals surface area contributed by atoms with Crippen molar-refractivity contribution in [3.63, 3.8) is 0 Å². The van der Waals surface area contributed by atoms with Gasteiger partial charge in [0.05, 0.1) is 23.7 Å². The molecule has 0 aliphatic carbocycles. The standard InChI is InChI=1S/C19H17N5O2/c1-24(12-13-6-3-2-4-7-13)18(25)10-17-21-19(26-23-17)14-8-5-9-16-15(14)11-20-22-16/h2-9,11H,10,12H2,1H3,(H,20,22). The summed E-state index contributed by atoms with van der Waals surface area (Å²) >= 11 is 0. The summed E-state index contributed by atoms with van der Waals surface area (Å²) in [5.74, 6) is 0.679. The van der Waals surface area contributed by atoms with Crippen LogP contribution in [0.4, 0.5) is 0 Å². The van der Waals surface area contributed by atoms with Gasteiger partial charge in [-0.25, -0.2) is 0 Å². The van der Waals surface area contributed by atoms with Crippen molar-refractivity contribution in [3.8, 4) is 11.5 Å². The van der Waals surface area contributed by atoms with Gasteiger partial charge in [-0.15, -0.1) is 0 Å². The Balaban J connectivity index is 1.48. The minimum Gasteiger partial charge on any atom is -0.341 e. The molecule has 2 heterocycles. The number of hydrogen-bond acceptors (Lipinski definition) is 5. The highest BCUT2D eigenvalue weighted by Crippen LogP contribution is 2.26. The highest BCUT2D eigenvalue weighted by Gasteiger charge is 2.17. The second kappa shape index (κ2) is 6.79. The van der Waals surface area contributed by atoms with Crippen LogP contribution in [0.25, 0.3) is 22.4 Å². The molecule has 0 aliphatic rings. The van der Waals surface area contributed by atoms with Gasteiger partial charge in [0.1, 0.15) is 0 Å². The lowest BCUT2D eigenvalue weighted by Crippen LogP contribution is -2.28. The summed E-state index contributed by atoms with van der Waals surface area (Å²) in [5.41, 5.74) is 2.75. The molecule has 2 aromatic carbocycles. The maximum absolute atomic E-state index is 12.4. The molecule has 0 radical (unpaired) electrons. The zero-order valence-electron chi connectivity index (χ0n) is 14.2. The topological polar surface area (TPSA) is 87.9 Å². The van der Waals surface area contributed by atoms with Crippen molar-refractivity contribution in [3.05, 3.63) is 66.1 Å². The molecule has 4 rings (SSSR count). The monoisotopic (exact) mass is 347 g/mol. The Bertz CT molecular complexity index is 1040.